The Balaban J connectivity index is 2.14. The zero-order valence-corrected chi connectivity index (χ0v) is 8.14. The number of hydrogen-bond acceptors (Lipinski definition) is 4. The van der Waals surface area contributed by atoms with Crippen molar-refractivity contribution in [2.75, 3.05) is 7.05 Å². The lowest BCUT2D eigenvalue weighted by Crippen LogP contribution is -2.28. The van der Waals surface area contributed by atoms with Gasteiger partial charge < -0.3 is 14.5 Å². The standard InChI is InChI=1S/C9H10N2O4/c1-11(5-2-3-5)8(12)6-4-7(9(13)14)15-10-6/h4-5H,2-3H2,1H3,(H,13,14). The Kier molecular flexibility index (Phi) is 2.18. The number of nitrogens with zero attached hydrogens (tertiary/aromatic N) is 2. The molecule has 0 saturated heterocycles. The van der Waals surface area contributed by atoms with Gasteiger partial charge in [-0.1, -0.05) is 5.16 Å². The van der Waals surface area contributed by atoms with Gasteiger partial charge >= 0.3 is 5.97 Å². The lowest BCUT2D eigenvalue weighted by Gasteiger charge is -2.13. The minimum atomic E-state index is -1.23. The van der Waals surface area contributed by atoms with Gasteiger partial charge in [0.25, 0.3) is 5.91 Å². The first-order valence-electron chi connectivity index (χ1n) is 4.57. The monoisotopic (exact) mass is 210 g/mol. The van der Waals surface area contributed by atoms with Gasteiger partial charge in [-0.15, -0.1) is 0 Å². The molecule has 1 heterocycles. The number of carboxylic acids is 1. The van der Waals surface area contributed by atoms with Crippen LogP contribution in [0.15, 0.2) is 10.6 Å². The molecule has 1 aliphatic carbocycles. The molecule has 0 spiro atoms. The second-order valence-corrected chi connectivity index (χ2v) is 3.53. The van der Waals surface area contributed by atoms with E-state index in [-0.39, 0.29) is 23.4 Å². The summed E-state index contributed by atoms with van der Waals surface area (Å²) in [7, 11) is 1.68. The fourth-order valence-electron chi connectivity index (χ4n) is 1.29. The van der Waals surface area contributed by atoms with Crippen LogP contribution in [0.5, 0.6) is 0 Å². The molecule has 0 aromatic carbocycles. The van der Waals surface area contributed by atoms with Crippen LogP contribution in [0.4, 0.5) is 0 Å². The van der Waals surface area contributed by atoms with Gasteiger partial charge in [0.15, 0.2) is 5.69 Å². The Morgan fingerprint density at radius 2 is 2.27 bits per heavy atom. The highest BCUT2D eigenvalue weighted by Gasteiger charge is 2.31. The second kappa shape index (κ2) is 3.38. The molecule has 1 aromatic rings. The molecule has 80 valence electrons. The quantitative estimate of drug-likeness (QED) is 0.790. The van der Waals surface area contributed by atoms with Crippen LogP contribution in [0.1, 0.15) is 33.9 Å². The van der Waals surface area contributed by atoms with E-state index in [9.17, 15) is 9.59 Å². The lowest BCUT2D eigenvalue weighted by atomic mass is 10.3. The average molecular weight is 210 g/mol. The van der Waals surface area contributed by atoms with E-state index >= 15 is 0 Å². The third kappa shape index (κ3) is 1.83. The highest BCUT2D eigenvalue weighted by atomic mass is 16.5. The maximum atomic E-state index is 11.7. The molecule has 15 heavy (non-hydrogen) atoms. The Labute approximate surface area is 85.5 Å². The van der Waals surface area contributed by atoms with E-state index in [0.29, 0.717) is 0 Å². The summed E-state index contributed by atoms with van der Waals surface area (Å²) in [6.45, 7) is 0. The zero-order valence-electron chi connectivity index (χ0n) is 8.14. The third-order valence-corrected chi connectivity index (χ3v) is 2.35. The van der Waals surface area contributed by atoms with E-state index in [1.165, 1.54) is 0 Å². The third-order valence-electron chi connectivity index (χ3n) is 2.35. The maximum Gasteiger partial charge on any atom is 0.374 e. The lowest BCUT2D eigenvalue weighted by molar-refractivity contribution is 0.0649. The number of rotatable bonds is 3. The molecule has 1 saturated carbocycles. The Bertz CT molecular complexity index is 408. The van der Waals surface area contributed by atoms with Gasteiger partial charge in [-0.05, 0) is 12.8 Å². The summed E-state index contributed by atoms with van der Waals surface area (Å²) in [6, 6.07) is 1.41. The SMILES string of the molecule is CN(C(=O)c1cc(C(=O)O)on1)C1CC1. The largest absolute Gasteiger partial charge is 0.475 e. The number of aromatic carboxylic acids is 1. The minimum Gasteiger partial charge on any atom is -0.475 e. The predicted octanol–water partition coefficient (Wildman–Crippen LogP) is 0.607. The molecule has 0 aliphatic heterocycles. The summed E-state index contributed by atoms with van der Waals surface area (Å²) >= 11 is 0. The summed E-state index contributed by atoms with van der Waals surface area (Å²) in [5.74, 6) is -1.84. The summed E-state index contributed by atoms with van der Waals surface area (Å²) < 4.78 is 4.50. The molecule has 1 amide bonds. The molecule has 0 unspecified atom stereocenters. The van der Waals surface area contributed by atoms with Gasteiger partial charge in [-0.3, -0.25) is 4.79 Å². The van der Waals surface area contributed by atoms with E-state index in [4.69, 9.17) is 5.11 Å². The first-order chi connectivity index (χ1) is 7.09. The summed E-state index contributed by atoms with van der Waals surface area (Å²) in [5.41, 5.74) is 0.0433. The van der Waals surface area contributed by atoms with E-state index in [1.54, 1.807) is 11.9 Å². The van der Waals surface area contributed by atoms with Gasteiger partial charge in [-0.2, -0.15) is 0 Å². The zero-order chi connectivity index (χ0) is 11.0. The molecule has 1 N–H and O–H groups in total. The van der Waals surface area contributed by atoms with Crippen LogP contribution in [0, 0.1) is 0 Å². The van der Waals surface area contributed by atoms with Crippen LogP contribution < -0.4 is 0 Å². The van der Waals surface area contributed by atoms with Gasteiger partial charge in [0.2, 0.25) is 5.76 Å². The first-order valence-corrected chi connectivity index (χ1v) is 4.57. The fourth-order valence-corrected chi connectivity index (χ4v) is 1.29. The van der Waals surface area contributed by atoms with Crippen molar-refractivity contribution in [3.05, 3.63) is 17.5 Å². The molecular formula is C9H10N2O4. The number of hydrogen-bond donors (Lipinski definition) is 1. The number of aromatic nitrogens is 1. The maximum absolute atomic E-state index is 11.7. The molecule has 2 rings (SSSR count). The molecule has 6 heteroatoms. The Morgan fingerprint density at radius 3 is 2.73 bits per heavy atom. The van der Waals surface area contributed by atoms with Gasteiger partial charge in [-0.25, -0.2) is 4.79 Å². The fraction of sp³-hybridized carbons (Fsp3) is 0.444. The highest BCUT2D eigenvalue weighted by Crippen LogP contribution is 2.26. The topological polar surface area (TPSA) is 83.6 Å². The first kappa shape index (κ1) is 9.70. The number of carbonyl (C=O) groups excluding carboxylic acids is 1. The van der Waals surface area contributed by atoms with E-state index < -0.39 is 5.97 Å². The van der Waals surface area contributed by atoms with Crippen molar-refractivity contribution in [2.24, 2.45) is 0 Å². The van der Waals surface area contributed by atoms with E-state index in [0.717, 1.165) is 18.9 Å². The number of carbonyl (C=O) groups is 2. The Hall–Kier alpha value is -1.85. The molecular weight excluding hydrogens is 200 g/mol. The predicted molar refractivity (Wildman–Crippen MR) is 48.6 cm³/mol. The van der Waals surface area contributed by atoms with Crippen molar-refractivity contribution in [1.82, 2.24) is 10.1 Å². The van der Waals surface area contributed by atoms with Crippen LogP contribution in [-0.2, 0) is 0 Å². The van der Waals surface area contributed by atoms with Gasteiger partial charge in [0.1, 0.15) is 0 Å². The second-order valence-electron chi connectivity index (χ2n) is 3.53. The molecule has 0 bridgehead atoms. The van der Waals surface area contributed by atoms with Gasteiger partial charge in [0.05, 0.1) is 0 Å². The van der Waals surface area contributed by atoms with Crippen molar-refractivity contribution in [2.45, 2.75) is 18.9 Å². The van der Waals surface area contributed by atoms with Crippen LogP contribution >= 0.6 is 0 Å². The number of amides is 1. The highest BCUT2D eigenvalue weighted by molar-refractivity contribution is 5.95. The number of carboxylic acid groups (broad SMARTS) is 1. The van der Waals surface area contributed by atoms with Crippen molar-refractivity contribution < 1.29 is 19.2 Å². The van der Waals surface area contributed by atoms with Crippen molar-refractivity contribution >= 4 is 11.9 Å². The van der Waals surface area contributed by atoms with Crippen molar-refractivity contribution in [3.8, 4) is 0 Å². The van der Waals surface area contributed by atoms with Crippen LogP contribution in [0.25, 0.3) is 0 Å². The van der Waals surface area contributed by atoms with Crippen LogP contribution in [-0.4, -0.2) is 40.1 Å². The van der Waals surface area contributed by atoms with Crippen LogP contribution in [0.2, 0.25) is 0 Å². The molecule has 0 radical (unpaired) electrons. The van der Waals surface area contributed by atoms with Gasteiger partial charge in [0, 0.05) is 19.2 Å². The molecule has 6 nitrogen and oxygen atoms in total. The van der Waals surface area contributed by atoms with E-state index in [1.807, 2.05) is 0 Å². The molecule has 1 fully saturated rings. The summed E-state index contributed by atoms with van der Waals surface area (Å²) in [6.07, 6.45) is 1.98. The Morgan fingerprint density at radius 1 is 1.60 bits per heavy atom. The molecule has 1 aliphatic rings. The molecule has 1 aromatic heterocycles. The molecule has 0 atom stereocenters. The smallest absolute Gasteiger partial charge is 0.374 e. The average Bonchev–Trinajstić information content (AvgIpc) is 2.93. The van der Waals surface area contributed by atoms with Crippen molar-refractivity contribution in [1.29, 1.82) is 0 Å². The van der Waals surface area contributed by atoms with Crippen molar-refractivity contribution in [3.63, 3.8) is 0 Å². The summed E-state index contributed by atoms with van der Waals surface area (Å²) in [5, 5.41) is 12.0. The minimum absolute atomic E-state index is 0.0433. The van der Waals surface area contributed by atoms with E-state index in [2.05, 4.69) is 9.68 Å². The normalized spacial score (nSPS) is 15.0. The summed E-state index contributed by atoms with van der Waals surface area (Å²) in [4.78, 5) is 23.7. The van der Waals surface area contributed by atoms with Crippen LogP contribution in [0.3, 0.4) is 0 Å².